The summed E-state index contributed by atoms with van der Waals surface area (Å²) in [5.74, 6) is 0. The molecule has 3 aromatic rings. The molecule has 28 heavy (non-hydrogen) atoms. The lowest BCUT2D eigenvalue weighted by Gasteiger charge is -2.28. The summed E-state index contributed by atoms with van der Waals surface area (Å²) in [6, 6.07) is 15.0. The number of nitrogens with zero attached hydrogens (tertiary/aromatic N) is 4. The molecule has 4 nitrogen and oxygen atoms in total. The number of aryl methyl sites for hydroxylation is 1. The first-order chi connectivity index (χ1) is 13.3. The van der Waals surface area contributed by atoms with Crippen LogP contribution in [0, 0.1) is 11.3 Å². The second kappa shape index (κ2) is 8.15. The van der Waals surface area contributed by atoms with E-state index in [-0.39, 0.29) is 6.54 Å². The Kier molecular flexibility index (Phi) is 5.84. The van der Waals surface area contributed by atoms with Crippen LogP contribution in [0.15, 0.2) is 65.7 Å². The Bertz CT molecular complexity index is 980. The maximum Gasteiger partial charge on any atom is 0.416 e. The summed E-state index contributed by atoms with van der Waals surface area (Å²) in [6.07, 6.45) is -0.853. The van der Waals surface area contributed by atoms with Gasteiger partial charge in [0.15, 0.2) is 0 Å². The van der Waals surface area contributed by atoms with Gasteiger partial charge in [0.1, 0.15) is 18.1 Å². The van der Waals surface area contributed by atoms with Crippen LogP contribution in [0.25, 0.3) is 0 Å². The number of rotatable bonds is 6. The lowest BCUT2D eigenvalue weighted by molar-refractivity contribution is -0.137. The summed E-state index contributed by atoms with van der Waals surface area (Å²) in [4.78, 5) is 3.92. The van der Waals surface area contributed by atoms with Crippen molar-refractivity contribution in [2.75, 3.05) is 0 Å². The van der Waals surface area contributed by atoms with E-state index in [0.29, 0.717) is 18.4 Å². The highest BCUT2D eigenvalue weighted by Gasteiger charge is 2.35. The second-order valence-corrected chi connectivity index (χ2v) is 7.32. The molecule has 0 aliphatic heterocycles. The monoisotopic (exact) mass is 448 g/mol. The van der Waals surface area contributed by atoms with Gasteiger partial charge in [-0.3, -0.25) is 4.68 Å². The molecule has 3 rings (SSSR count). The largest absolute Gasteiger partial charge is 0.416 e. The molecule has 2 aromatic carbocycles. The lowest BCUT2D eigenvalue weighted by Crippen LogP contribution is -2.31. The van der Waals surface area contributed by atoms with Crippen LogP contribution in [0.1, 0.15) is 23.1 Å². The number of halogens is 4. The summed E-state index contributed by atoms with van der Waals surface area (Å²) in [7, 11) is 0. The zero-order valence-corrected chi connectivity index (χ0v) is 16.3. The van der Waals surface area contributed by atoms with Gasteiger partial charge in [-0.15, -0.1) is 0 Å². The van der Waals surface area contributed by atoms with Gasteiger partial charge in [0.2, 0.25) is 0 Å². The van der Waals surface area contributed by atoms with Crippen LogP contribution in [0.3, 0.4) is 0 Å². The minimum atomic E-state index is -4.40. The predicted octanol–water partition coefficient (Wildman–Crippen LogP) is 5.15. The molecular weight excluding hydrogens is 433 g/mol. The van der Waals surface area contributed by atoms with Gasteiger partial charge in [0.25, 0.3) is 0 Å². The summed E-state index contributed by atoms with van der Waals surface area (Å²) in [5, 5.41) is 14.2. The van der Waals surface area contributed by atoms with E-state index in [0.717, 1.165) is 22.2 Å². The molecule has 0 aliphatic carbocycles. The Morgan fingerprint density at radius 3 is 2.54 bits per heavy atom. The van der Waals surface area contributed by atoms with Gasteiger partial charge in [0.05, 0.1) is 18.2 Å². The van der Waals surface area contributed by atoms with Gasteiger partial charge >= 0.3 is 6.18 Å². The molecule has 0 aliphatic rings. The number of hydrogen-bond acceptors (Lipinski definition) is 3. The van der Waals surface area contributed by atoms with Crippen molar-refractivity contribution >= 4 is 15.9 Å². The zero-order valence-electron chi connectivity index (χ0n) is 14.7. The quantitative estimate of drug-likeness (QED) is 0.523. The van der Waals surface area contributed by atoms with Crippen molar-refractivity contribution in [2.24, 2.45) is 0 Å². The van der Waals surface area contributed by atoms with Crippen molar-refractivity contribution < 1.29 is 13.2 Å². The smallest absolute Gasteiger partial charge is 0.251 e. The highest BCUT2D eigenvalue weighted by molar-refractivity contribution is 9.10. The van der Waals surface area contributed by atoms with Crippen molar-refractivity contribution in [3.05, 3.63) is 82.3 Å². The third kappa shape index (κ3) is 4.42. The highest BCUT2D eigenvalue weighted by Crippen LogP contribution is 2.36. The zero-order chi connectivity index (χ0) is 20.2. The van der Waals surface area contributed by atoms with Crippen LogP contribution in [0.2, 0.25) is 0 Å². The fraction of sp³-hybridized carbons (Fsp3) is 0.250. The van der Waals surface area contributed by atoms with Crippen LogP contribution < -0.4 is 0 Å². The fourth-order valence-corrected chi connectivity index (χ4v) is 3.82. The first-order valence-corrected chi connectivity index (χ1v) is 9.28. The molecule has 0 N–H and O–H groups in total. The van der Waals surface area contributed by atoms with Gasteiger partial charge in [-0.25, -0.2) is 4.98 Å². The summed E-state index contributed by atoms with van der Waals surface area (Å²) >= 11 is 3.50. The molecule has 0 saturated carbocycles. The molecule has 0 fully saturated rings. The van der Waals surface area contributed by atoms with Gasteiger partial charge < -0.3 is 0 Å². The molecule has 1 atom stereocenters. The van der Waals surface area contributed by atoms with Crippen LogP contribution in [0.4, 0.5) is 13.2 Å². The number of alkyl halides is 3. The molecule has 0 radical (unpaired) electrons. The maximum atomic E-state index is 13.0. The Hall–Kier alpha value is -2.66. The Morgan fingerprint density at radius 1 is 1.11 bits per heavy atom. The molecule has 1 aromatic heterocycles. The molecular formula is C20H16BrF3N4. The minimum Gasteiger partial charge on any atom is -0.251 e. The van der Waals surface area contributed by atoms with Crippen molar-refractivity contribution in [3.8, 4) is 6.07 Å². The van der Waals surface area contributed by atoms with E-state index in [9.17, 15) is 18.4 Å². The van der Waals surface area contributed by atoms with E-state index >= 15 is 0 Å². The van der Waals surface area contributed by atoms with Crippen LogP contribution in [-0.2, 0) is 24.6 Å². The van der Waals surface area contributed by atoms with Gasteiger partial charge in [-0.1, -0.05) is 52.3 Å². The van der Waals surface area contributed by atoms with Gasteiger partial charge in [-0.2, -0.15) is 23.5 Å². The molecule has 0 amide bonds. The maximum absolute atomic E-state index is 13.0. The van der Waals surface area contributed by atoms with Gasteiger partial charge in [-0.05, 0) is 36.1 Å². The van der Waals surface area contributed by atoms with Crippen molar-refractivity contribution in [1.82, 2.24) is 14.8 Å². The standard InChI is InChI=1S/C20H16BrF3N4/c21-18-7-2-1-6-17(18)19(11-25,12-28-14-26-13-27-28)9-8-15-4-3-5-16(10-15)20(22,23)24/h1-7,10,13-14H,8-9,12H2. The van der Waals surface area contributed by atoms with E-state index in [1.165, 1.54) is 18.7 Å². The van der Waals surface area contributed by atoms with Crippen LogP contribution in [-0.4, -0.2) is 14.8 Å². The fourth-order valence-electron chi connectivity index (χ4n) is 3.15. The summed E-state index contributed by atoms with van der Waals surface area (Å²) < 4.78 is 41.3. The van der Waals surface area contributed by atoms with Gasteiger partial charge in [0, 0.05) is 4.47 Å². The minimum absolute atomic E-state index is 0.241. The third-order valence-corrected chi connectivity index (χ3v) is 5.29. The molecule has 1 unspecified atom stereocenters. The second-order valence-electron chi connectivity index (χ2n) is 6.46. The van der Waals surface area contributed by atoms with Crippen molar-refractivity contribution in [2.45, 2.75) is 31.0 Å². The number of aromatic nitrogens is 3. The Morgan fingerprint density at radius 2 is 1.89 bits per heavy atom. The predicted molar refractivity (Wildman–Crippen MR) is 101 cm³/mol. The highest BCUT2D eigenvalue weighted by atomic mass is 79.9. The third-order valence-electron chi connectivity index (χ3n) is 4.60. The van der Waals surface area contributed by atoms with Crippen molar-refractivity contribution in [1.29, 1.82) is 5.26 Å². The summed E-state index contributed by atoms with van der Waals surface area (Å²) in [6.45, 7) is 0.241. The molecule has 8 heteroatoms. The average Bonchev–Trinajstić information content (AvgIpc) is 3.18. The van der Waals surface area contributed by atoms with E-state index < -0.39 is 17.2 Å². The van der Waals surface area contributed by atoms with E-state index in [1.807, 2.05) is 24.3 Å². The molecule has 144 valence electrons. The normalized spacial score (nSPS) is 13.7. The molecule has 0 bridgehead atoms. The summed E-state index contributed by atoms with van der Waals surface area (Å²) in [5.41, 5.74) is -0.382. The SMILES string of the molecule is N#CC(CCc1cccc(C(F)(F)F)c1)(Cn1cncn1)c1ccccc1Br. The molecule has 0 saturated heterocycles. The Labute approximate surface area is 168 Å². The molecule has 0 spiro atoms. The van der Waals surface area contributed by atoms with E-state index in [1.54, 1.807) is 10.7 Å². The van der Waals surface area contributed by atoms with Crippen LogP contribution in [0.5, 0.6) is 0 Å². The number of nitriles is 1. The van der Waals surface area contributed by atoms with Crippen LogP contribution >= 0.6 is 15.9 Å². The number of benzene rings is 2. The lowest BCUT2D eigenvalue weighted by atomic mass is 9.77. The van der Waals surface area contributed by atoms with E-state index in [2.05, 4.69) is 32.1 Å². The van der Waals surface area contributed by atoms with E-state index in [4.69, 9.17) is 0 Å². The number of hydrogen-bond donors (Lipinski definition) is 0. The molecule has 1 heterocycles. The Balaban J connectivity index is 1.94. The first-order valence-electron chi connectivity index (χ1n) is 8.49. The van der Waals surface area contributed by atoms with Crippen molar-refractivity contribution in [3.63, 3.8) is 0 Å². The average molecular weight is 449 g/mol. The first kappa shape index (κ1) is 20.1. The topological polar surface area (TPSA) is 54.5 Å².